The average molecular weight is 268 g/mol. The first-order valence-corrected chi connectivity index (χ1v) is 6.45. The van der Waals surface area contributed by atoms with E-state index in [-0.39, 0.29) is 6.42 Å². The van der Waals surface area contributed by atoms with Crippen molar-refractivity contribution in [2.24, 2.45) is 5.73 Å². The SMILES string of the molecule is CSc1cc(O[B]O)ccc1C[C@](C)(N)C(=O)O. The van der Waals surface area contributed by atoms with E-state index >= 15 is 0 Å². The predicted octanol–water partition coefficient (Wildman–Crippen LogP) is 0.658. The van der Waals surface area contributed by atoms with E-state index in [1.54, 1.807) is 18.2 Å². The molecule has 1 aromatic carbocycles. The van der Waals surface area contributed by atoms with E-state index < -0.39 is 11.5 Å². The van der Waals surface area contributed by atoms with E-state index in [0.29, 0.717) is 13.4 Å². The topological polar surface area (TPSA) is 92.8 Å². The van der Waals surface area contributed by atoms with Crippen LogP contribution in [-0.2, 0) is 11.2 Å². The van der Waals surface area contributed by atoms with Crippen LogP contribution in [0, 0.1) is 0 Å². The highest BCUT2D eigenvalue weighted by Gasteiger charge is 2.29. The Balaban J connectivity index is 2.99. The molecular formula is C11H15BNO4S. The quantitative estimate of drug-likeness (QED) is 0.518. The molecular weight excluding hydrogens is 253 g/mol. The highest BCUT2D eigenvalue weighted by atomic mass is 32.2. The molecule has 0 amide bonds. The number of carboxylic acid groups (broad SMARTS) is 1. The fourth-order valence-corrected chi connectivity index (χ4v) is 2.11. The molecule has 0 saturated heterocycles. The highest BCUT2D eigenvalue weighted by Crippen LogP contribution is 2.28. The molecule has 18 heavy (non-hydrogen) atoms. The molecule has 0 aliphatic heterocycles. The number of rotatable bonds is 6. The third-order valence-corrected chi connectivity index (χ3v) is 3.31. The number of benzene rings is 1. The molecule has 1 rings (SSSR count). The number of thioether (sulfide) groups is 1. The van der Waals surface area contributed by atoms with Gasteiger partial charge in [-0.15, -0.1) is 11.8 Å². The minimum absolute atomic E-state index is 0.224. The maximum absolute atomic E-state index is 11.0. The summed E-state index contributed by atoms with van der Waals surface area (Å²) in [5, 5.41) is 17.6. The summed E-state index contributed by atoms with van der Waals surface area (Å²) in [6.45, 7) is 1.48. The second-order valence-corrected chi connectivity index (χ2v) is 4.94. The Labute approximate surface area is 111 Å². The first kappa shape index (κ1) is 14.9. The van der Waals surface area contributed by atoms with Gasteiger partial charge in [0.15, 0.2) is 0 Å². The Morgan fingerprint density at radius 1 is 1.61 bits per heavy atom. The molecule has 0 aromatic heterocycles. The summed E-state index contributed by atoms with van der Waals surface area (Å²) in [7, 11) is 0.601. The molecule has 0 fully saturated rings. The molecule has 1 radical (unpaired) electrons. The Hall–Kier alpha value is -1.18. The van der Waals surface area contributed by atoms with Gasteiger partial charge < -0.3 is 20.5 Å². The van der Waals surface area contributed by atoms with Crippen molar-refractivity contribution in [3.63, 3.8) is 0 Å². The van der Waals surface area contributed by atoms with Crippen molar-refractivity contribution in [3.8, 4) is 5.75 Å². The molecule has 0 bridgehead atoms. The highest BCUT2D eigenvalue weighted by molar-refractivity contribution is 7.98. The molecule has 0 heterocycles. The fourth-order valence-electron chi connectivity index (χ4n) is 1.48. The largest absolute Gasteiger partial charge is 0.569 e. The van der Waals surface area contributed by atoms with Crippen molar-refractivity contribution in [1.29, 1.82) is 0 Å². The summed E-state index contributed by atoms with van der Waals surface area (Å²) in [4.78, 5) is 11.9. The van der Waals surface area contributed by atoms with Gasteiger partial charge in [0.2, 0.25) is 0 Å². The smallest absolute Gasteiger partial charge is 0.537 e. The van der Waals surface area contributed by atoms with E-state index in [4.69, 9.17) is 20.5 Å². The fraction of sp³-hybridized carbons (Fsp3) is 0.364. The zero-order valence-corrected chi connectivity index (χ0v) is 11.0. The molecule has 0 saturated carbocycles. The Morgan fingerprint density at radius 2 is 2.28 bits per heavy atom. The molecule has 7 heteroatoms. The normalized spacial score (nSPS) is 13.8. The zero-order chi connectivity index (χ0) is 13.8. The van der Waals surface area contributed by atoms with Gasteiger partial charge in [-0.2, -0.15) is 0 Å². The zero-order valence-electron chi connectivity index (χ0n) is 10.2. The number of nitrogens with two attached hydrogens (primary N) is 1. The Morgan fingerprint density at radius 3 is 2.78 bits per heavy atom. The summed E-state index contributed by atoms with van der Waals surface area (Å²) in [5.41, 5.74) is 5.25. The van der Waals surface area contributed by atoms with E-state index in [0.717, 1.165) is 10.5 Å². The molecule has 4 N–H and O–H groups in total. The molecule has 5 nitrogen and oxygen atoms in total. The van der Waals surface area contributed by atoms with E-state index in [2.05, 4.69) is 0 Å². The van der Waals surface area contributed by atoms with E-state index in [1.807, 2.05) is 6.26 Å². The molecule has 0 aliphatic rings. The van der Waals surface area contributed by atoms with Gasteiger partial charge in [0.05, 0.1) is 0 Å². The number of carboxylic acids is 1. The van der Waals surface area contributed by atoms with Crippen molar-refractivity contribution in [1.82, 2.24) is 0 Å². The number of hydrogen-bond acceptors (Lipinski definition) is 5. The molecule has 1 atom stereocenters. The second kappa shape index (κ2) is 6.13. The van der Waals surface area contributed by atoms with Crippen molar-refractivity contribution >= 4 is 25.4 Å². The van der Waals surface area contributed by atoms with Crippen molar-refractivity contribution < 1.29 is 19.6 Å². The molecule has 0 aliphatic carbocycles. The van der Waals surface area contributed by atoms with Gasteiger partial charge in [-0.05, 0) is 30.9 Å². The van der Waals surface area contributed by atoms with E-state index in [9.17, 15) is 4.79 Å². The van der Waals surface area contributed by atoms with Gasteiger partial charge in [-0.25, -0.2) is 0 Å². The van der Waals surface area contributed by atoms with Gasteiger partial charge in [0, 0.05) is 11.3 Å². The minimum atomic E-state index is -1.31. The number of hydrogen-bond donors (Lipinski definition) is 3. The van der Waals surface area contributed by atoms with Crippen LogP contribution in [-0.4, -0.2) is 35.6 Å². The van der Waals surface area contributed by atoms with Gasteiger partial charge in [-0.3, -0.25) is 4.79 Å². The molecule has 97 valence electrons. The van der Waals surface area contributed by atoms with Crippen molar-refractivity contribution in [2.45, 2.75) is 23.8 Å². The minimum Gasteiger partial charge on any atom is -0.537 e. The van der Waals surface area contributed by atoms with Crippen LogP contribution in [0.15, 0.2) is 23.1 Å². The summed E-state index contributed by atoms with van der Waals surface area (Å²) in [6, 6.07) is 5.13. The predicted molar refractivity (Wildman–Crippen MR) is 70.8 cm³/mol. The number of carbonyl (C=O) groups is 1. The maximum atomic E-state index is 11.0. The van der Waals surface area contributed by atoms with Crippen LogP contribution in [0.2, 0.25) is 0 Å². The summed E-state index contributed by atoms with van der Waals surface area (Å²) in [6.07, 6.45) is 2.10. The van der Waals surface area contributed by atoms with Gasteiger partial charge >= 0.3 is 13.7 Å². The molecule has 1 aromatic rings. The summed E-state index contributed by atoms with van der Waals surface area (Å²) in [5.74, 6) is -0.557. The summed E-state index contributed by atoms with van der Waals surface area (Å²) < 4.78 is 4.85. The Kier molecular flexibility index (Phi) is 5.07. The van der Waals surface area contributed by atoms with Crippen LogP contribution < -0.4 is 10.4 Å². The van der Waals surface area contributed by atoms with Crippen LogP contribution in [0.4, 0.5) is 0 Å². The summed E-state index contributed by atoms with van der Waals surface area (Å²) >= 11 is 1.46. The lowest BCUT2D eigenvalue weighted by molar-refractivity contribution is -0.142. The Bertz CT molecular complexity index is 439. The average Bonchev–Trinajstić information content (AvgIpc) is 2.31. The standard InChI is InChI=1S/C11H15BNO4S/c1-11(13,10(14)15)6-7-3-4-8(17-12-16)5-9(7)18-2/h3-5,16H,6,13H2,1-2H3,(H,14,15)/t11-/m0/s1. The first-order valence-electron chi connectivity index (χ1n) is 5.22. The monoisotopic (exact) mass is 268 g/mol. The maximum Gasteiger partial charge on any atom is 0.569 e. The van der Waals surface area contributed by atoms with Crippen LogP contribution in [0.5, 0.6) is 5.75 Å². The van der Waals surface area contributed by atoms with Gasteiger partial charge in [0.25, 0.3) is 0 Å². The van der Waals surface area contributed by atoms with Crippen LogP contribution >= 0.6 is 11.8 Å². The first-order chi connectivity index (χ1) is 8.40. The number of aliphatic carboxylic acids is 1. The van der Waals surface area contributed by atoms with Crippen LogP contribution in [0.3, 0.4) is 0 Å². The van der Waals surface area contributed by atoms with Crippen molar-refractivity contribution in [3.05, 3.63) is 23.8 Å². The molecule has 0 unspecified atom stereocenters. The van der Waals surface area contributed by atoms with E-state index in [1.165, 1.54) is 18.7 Å². The lowest BCUT2D eigenvalue weighted by Gasteiger charge is -2.21. The third kappa shape index (κ3) is 3.66. The van der Waals surface area contributed by atoms with Crippen LogP contribution in [0.25, 0.3) is 0 Å². The van der Waals surface area contributed by atoms with Crippen LogP contribution in [0.1, 0.15) is 12.5 Å². The molecule has 0 spiro atoms. The van der Waals surface area contributed by atoms with Crippen molar-refractivity contribution in [2.75, 3.05) is 6.26 Å². The third-order valence-electron chi connectivity index (χ3n) is 2.49. The second-order valence-electron chi connectivity index (χ2n) is 4.10. The lowest BCUT2D eigenvalue weighted by atomic mass is 9.94. The van der Waals surface area contributed by atoms with Gasteiger partial charge in [-0.1, -0.05) is 6.07 Å². The van der Waals surface area contributed by atoms with Gasteiger partial charge in [0.1, 0.15) is 11.3 Å². The lowest BCUT2D eigenvalue weighted by Crippen LogP contribution is -2.46.